The lowest BCUT2D eigenvalue weighted by molar-refractivity contribution is -0.153. The van der Waals surface area contributed by atoms with E-state index in [0.29, 0.717) is 23.0 Å². The molecule has 0 radical (unpaired) electrons. The van der Waals surface area contributed by atoms with E-state index in [1.165, 1.54) is 16.2 Å². The van der Waals surface area contributed by atoms with Crippen LogP contribution in [-0.4, -0.2) is 34.0 Å². The van der Waals surface area contributed by atoms with E-state index in [9.17, 15) is 9.59 Å². The molecule has 0 aromatic carbocycles. The van der Waals surface area contributed by atoms with E-state index >= 15 is 0 Å². The van der Waals surface area contributed by atoms with E-state index in [0.717, 1.165) is 0 Å². The minimum atomic E-state index is -0.234. The molecule has 2 heterocycles. The zero-order valence-electron chi connectivity index (χ0n) is 10.7. The highest BCUT2D eigenvalue weighted by Crippen LogP contribution is 2.32. The maximum Gasteiger partial charge on any atom is 0.230 e. The number of likely N-dealkylation sites (tertiary alicyclic amines) is 1. The number of anilines is 1. The second-order valence-corrected chi connectivity index (χ2v) is 6.20. The number of piperidine rings is 1. The number of carbonyl (C=O) groups excluding carboxylic acids is 2. The molecule has 98 valence electrons. The van der Waals surface area contributed by atoms with E-state index in [1.807, 2.05) is 13.8 Å². The third-order valence-corrected chi connectivity index (χ3v) is 3.76. The first-order valence-corrected chi connectivity index (χ1v) is 6.56. The monoisotopic (exact) mass is 268 g/mol. The normalized spacial score (nSPS) is 19.2. The SMILES string of the molecule is CNc1nnc(CN2C(=O)CC(C)(C)CC2=O)s1. The van der Waals surface area contributed by atoms with Gasteiger partial charge in [0.15, 0.2) is 0 Å². The van der Waals surface area contributed by atoms with Gasteiger partial charge in [0, 0.05) is 19.9 Å². The largest absolute Gasteiger partial charge is 0.363 e. The first-order chi connectivity index (χ1) is 8.41. The number of aromatic nitrogens is 2. The summed E-state index contributed by atoms with van der Waals surface area (Å²) in [5, 5.41) is 12.1. The van der Waals surface area contributed by atoms with Crippen LogP contribution in [0.1, 0.15) is 31.7 Å². The van der Waals surface area contributed by atoms with Crippen LogP contribution < -0.4 is 5.32 Å². The highest BCUT2D eigenvalue weighted by molar-refractivity contribution is 7.15. The Bertz CT molecular complexity index is 463. The van der Waals surface area contributed by atoms with Crippen molar-refractivity contribution in [3.8, 4) is 0 Å². The van der Waals surface area contributed by atoms with E-state index < -0.39 is 0 Å². The molecule has 7 heteroatoms. The number of rotatable bonds is 3. The number of nitrogens with zero attached hydrogens (tertiary/aromatic N) is 3. The van der Waals surface area contributed by atoms with Crippen LogP contribution in [0.15, 0.2) is 0 Å². The molecular formula is C11H16N4O2S. The number of hydrogen-bond acceptors (Lipinski definition) is 6. The van der Waals surface area contributed by atoms with Gasteiger partial charge in [-0.05, 0) is 5.41 Å². The average Bonchev–Trinajstić information content (AvgIpc) is 2.70. The van der Waals surface area contributed by atoms with E-state index in [2.05, 4.69) is 15.5 Å². The van der Waals surface area contributed by atoms with Crippen molar-refractivity contribution in [2.45, 2.75) is 33.2 Å². The Hall–Kier alpha value is -1.50. The smallest absolute Gasteiger partial charge is 0.230 e. The number of nitrogens with one attached hydrogen (secondary N) is 1. The summed E-state index contributed by atoms with van der Waals surface area (Å²) in [6.45, 7) is 4.10. The summed E-state index contributed by atoms with van der Waals surface area (Å²) in [4.78, 5) is 25.2. The maximum atomic E-state index is 11.9. The van der Waals surface area contributed by atoms with Gasteiger partial charge in [0.1, 0.15) is 5.01 Å². The van der Waals surface area contributed by atoms with Gasteiger partial charge < -0.3 is 5.32 Å². The van der Waals surface area contributed by atoms with Gasteiger partial charge in [-0.3, -0.25) is 14.5 Å². The van der Waals surface area contributed by atoms with Crippen LogP contribution in [0.2, 0.25) is 0 Å². The van der Waals surface area contributed by atoms with Gasteiger partial charge in [-0.1, -0.05) is 25.2 Å². The van der Waals surface area contributed by atoms with Crippen molar-refractivity contribution in [2.24, 2.45) is 5.41 Å². The van der Waals surface area contributed by atoms with Crippen molar-refractivity contribution in [3.63, 3.8) is 0 Å². The summed E-state index contributed by atoms with van der Waals surface area (Å²) < 4.78 is 0. The van der Waals surface area contributed by atoms with Gasteiger partial charge in [0.25, 0.3) is 0 Å². The first kappa shape index (κ1) is 12.9. The van der Waals surface area contributed by atoms with Crippen LogP contribution in [0.25, 0.3) is 0 Å². The Morgan fingerprint density at radius 2 is 1.89 bits per heavy atom. The van der Waals surface area contributed by atoms with Gasteiger partial charge in [-0.2, -0.15) is 0 Å². The van der Waals surface area contributed by atoms with Crippen LogP contribution in [0.4, 0.5) is 5.13 Å². The Labute approximate surface area is 109 Å². The predicted octanol–water partition coefficient (Wildman–Crippen LogP) is 1.25. The minimum absolute atomic E-state index is 0.127. The lowest BCUT2D eigenvalue weighted by Gasteiger charge is -2.34. The van der Waals surface area contributed by atoms with Crippen LogP contribution in [0.5, 0.6) is 0 Å². The molecular weight excluding hydrogens is 252 g/mol. The summed E-state index contributed by atoms with van der Waals surface area (Å²) >= 11 is 1.35. The lowest BCUT2D eigenvalue weighted by Crippen LogP contribution is -2.45. The molecule has 1 aliphatic heterocycles. The first-order valence-electron chi connectivity index (χ1n) is 5.74. The minimum Gasteiger partial charge on any atom is -0.363 e. The molecule has 0 atom stereocenters. The molecule has 1 saturated heterocycles. The summed E-state index contributed by atoms with van der Waals surface area (Å²) in [5.41, 5.74) is -0.234. The highest BCUT2D eigenvalue weighted by atomic mass is 32.1. The van der Waals surface area contributed by atoms with Gasteiger partial charge in [0.05, 0.1) is 6.54 Å². The molecule has 0 spiro atoms. The van der Waals surface area contributed by atoms with Gasteiger partial charge in [-0.25, -0.2) is 0 Å². The fourth-order valence-corrected chi connectivity index (χ4v) is 2.62. The van der Waals surface area contributed by atoms with Gasteiger partial charge in [0.2, 0.25) is 16.9 Å². The predicted molar refractivity (Wildman–Crippen MR) is 68.0 cm³/mol. The Morgan fingerprint density at radius 1 is 1.28 bits per heavy atom. The fraction of sp³-hybridized carbons (Fsp3) is 0.636. The summed E-state index contributed by atoms with van der Waals surface area (Å²) in [6.07, 6.45) is 0.798. The summed E-state index contributed by atoms with van der Waals surface area (Å²) in [7, 11) is 1.75. The quantitative estimate of drug-likeness (QED) is 0.835. The molecule has 1 aliphatic rings. The van der Waals surface area contributed by atoms with E-state index in [4.69, 9.17) is 0 Å². The van der Waals surface area contributed by atoms with Crippen molar-refractivity contribution < 1.29 is 9.59 Å². The second-order valence-electron chi connectivity index (χ2n) is 5.14. The maximum absolute atomic E-state index is 11.9. The number of imide groups is 1. The molecule has 18 heavy (non-hydrogen) atoms. The van der Waals surface area contributed by atoms with Gasteiger partial charge in [-0.15, -0.1) is 10.2 Å². The van der Waals surface area contributed by atoms with Crippen LogP contribution in [0, 0.1) is 5.41 Å². The average molecular weight is 268 g/mol. The van der Waals surface area contributed by atoms with Crippen molar-refractivity contribution >= 4 is 28.3 Å². The number of amides is 2. The van der Waals surface area contributed by atoms with Crippen LogP contribution >= 0.6 is 11.3 Å². The van der Waals surface area contributed by atoms with Crippen molar-refractivity contribution in [1.29, 1.82) is 0 Å². The van der Waals surface area contributed by atoms with Crippen LogP contribution in [-0.2, 0) is 16.1 Å². The molecule has 0 unspecified atom stereocenters. The molecule has 0 saturated carbocycles. The molecule has 1 aromatic heterocycles. The second kappa shape index (κ2) is 4.64. The molecule has 2 amide bonds. The highest BCUT2D eigenvalue weighted by Gasteiger charge is 2.37. The Balaban J connectivity index is 2.09. The van der Waals surface area contributed by atoms with E-state index in [1.54, 1.807) is 7.05 Å². The van der Waals surface area contributed by atoms with Gasteiger partial charge >= 0.3 is 0 Å². The van der Waals surface area contributed by atoms with E-state index in [-0.39, 0.29) is 23.8 Å². The van der Waals surface area contributed by atoms with Crippen molar-refractivity contribution in [1.82, 2.24) is 15.1 Å². The van der Waals surface area contributed by atoms with Crippen molar-refractivity contribution in [2.75, 3.05) is 12.4 Å². The zero-order valence-corrected chi connectivity index (χ0v) is 11.5. The number of carbonyl (C=O) groups is 2. The Morgan fingerprint density at radius 3 is 2.39 bits per heavy atom. The molecule has 1 aromatic rings. The van der Waals surface area contributed by atoms with Crippen LogP contribution in [0.3, 0.4) is 0 Å². The molecule has 1 fully saturated rings. The Kier molecular flexibility index (Phi) is 3.34. The third kappa shape index (κ3) is 2.66. The standard InChI is InChI=1S/C11H16N4O2S/c1-11(2)4-8(16)15(9(17)5-11)6-7-13-14-10(12-3)18-7/h4-6H2,1-3H3,(H,12,14). The third-order valence-electron chi connectivity index (χ3n) is 2.84. The molecule has 1 N–H and O–H groups in total. The summed E-state index contributed by atoms with van der Waals surface area (Å²) in [5.74, 6) is -0.255. The molecule has 0 aliphatic carbocycles. The van der Waals surface area contributed by atoms with Crippen molar-refractivity contribution in [3.05, 3.63) is 5.01 Å². The lowest BCUT2D eigenvalue weighted by atomic mass is 9.82. The topological polar surface area (TPSA) is 75.2 Å². The molecule has 6 nitrogen and oxygen atoms in total. The molecule has 2 rings (SSSR count). The summed E-state index contributed by atoms with van der Waals surface area (Å²) in [6, 6.07) is 0. The molecule has 0 bridgehead atoms. The number of hydrogen-bond donors (Lipinski definition) is 1. The zero-order chi connectivity index (χ0) is 13.3. The fourth-order valence-electron chi connectivity index (χ4n) is 1.94.